The Labute approximate surface area is 129 Å². The van der Waals surface area contributed by atoms with Gasteiger partial charge in [0.1, 0.15) is 0 Å². The minimum atomic E-state index is 0.378. The molecule has 0 aliphatic rings. The third-order valence-corrected chi connectivity index (χ3v) is 4.56. The SMILES string of the molecule is CCC(C)N(CC)CC(NC)c1ccc2ccccc2c1. The molecule has 0 aliphatic carbocycles. The third-order valence-electron chi connectivity index (χ3n) is 4.56. The van der Waals surface area contributed by atoms with Crippen LogP contribution in [0.15, 0.2) is 42.5 Å². The van der Waals surface area contributed by atoms with Crippen LogP contribution in [-0.4, -0.2) is 31.1 Å². The summed E-state index contributed by atoms with van der Waals surface area (Å²) in [6.07, 6.45) is 1.20. The van der Waals surface area contributed by atoms with Crippen molar-refractivity contribution in [2.75, 3.05) is 20.1 Å². The lowest BCUT2D eigenvalue weighted by Crippen LogP contribution is -2.39. The van der Waals surface area contributed by atoms with Gasteiger partial charge in [-0.05, 0) is 49.3 Å². The van der Waals surface area contributed by atoms with Gasteiger partial charge >= 0.3 is 0 Å². The molecule has 0 amide bonds. The number of nitrogens with one attached hydrogen (secondary N) is 1. The van der Waals surface area contributed by atoms with Crippen LogP contribution in [-0.2, 0) is 0 Å². The molecule has 0 spiro atoms. The Morgan fingerprint density at radius 3 is 2.38 bits per heavy atom. The van der Waals surface area contributed by atoms with Crippen molar-refractivity contribution in [3.8, 4) is 0 Å². The van der Waals surface area contributed by atoms with Crippen molar-refractivity contribution in [2.45, 2.75) is 39.3 Å². The van der Waals surface area contributed by atoms with Crippen LogP contribution in [0.2, 0.25) is 0 Å². The first-order chi connectivity index (χ1) is 10.2. The molecule has 0 saturated carbocycles. The van der Waals surface area contributed by atoms with Crippen molar-refractivity contribution in [3.05, 3.63) is 48.0 Å². The predicted octanol–water partition coefficient (Wildman–Crippen LogP) is 4.22. The number of rotatable bonds is 7. The van der Waals surface area contributed by atoms with Gasteiger partial charge in [0.05, 0.1) is 0 Å². The molecule has 2 rings (SSSR count). The molecule has 0 fully saturated rings. The van der Waals surface area contributed by atoms with Gasteiger partial charge < -0.3 is 5.32 Å². The van der Waals surface area contributed by atoms with Gasteiger partial charge in [-0.1, -0.05) is 50.2 Å². The van der Waals surface area contributed by atoms with E-state index in [1.165, 1.54) is 22.8 Å². The Hall–Kier alpha value is -1.38. The molecule has 114 valence electrons. The van der Waals surface area contributed by atoms with E-state index in [2.05, 4.69) is 80.5 Å². The minimum absolute atomic E-state index is 0.378. The molecule has 0 radical (unpaired) electrons. The van der Waals surface area contributed by atoms with Crippen LogP contribution in [0.1, 0.15) is 38.8 Å². The highest BCUT2D eigenvalue weighted by atomic mass is 15.2. The largest absolute Gasteiger partial charge is 0.312 e. The molecule has 2 aromatic carbocycles. The van der Waals surface area contributed by atoms with Crippen molar-refractivity contribution < 1.29 is 0 Å². The van der Waals surface area contributed by atoms with E-state index in [9.17, 15) is 0 Å². The summed E-state index contributed by atoms with van der Waals surface area (Å²) >= 11 is 0. The normalized spacial score (nSPS) is 14.5. The van der Waals surface area contributed by atoms with Crippen molar-refractivity contribution in [3.63, 3.8) is 0 Å². The Morgan fingerprint density at radius 2 is 1.76 bits per heavy atom. The van der Waals surface area contributed by atoms with Gasteiger partial charge in [0.25, 0.3) is 0 Å². The molecule has 2 heteroatoms. The summed E-state index contributed by atoms with van der Waals surface area (Å²) in [5.74, 6) is 0. The minimum Gasteiger partial charge on any atom is -0.312 e. The molecular weight excluding hydrogens is 256 g/mol. The molecule has 0 saturated heterocycles. The lowest BCUT2D eigenvalue weighted by Gasteiger charge is -2.31. The topological polar surface area (TPSA) is 15.3 Å². The fourth-order valence-corrected chi connectivity index (χ4v) is 2.90. The van der Waals surface area contributed by atoms with Crippen molar-refractivity contribution >= 4 is 10.8 Å². The maximum Gasteiger partial charge on any atom is 0.0447 e. The van der Waals surface area contributed by atoms with Crippen molar-refractivity contribution in [1.82, 2.24) is 10.2 Å². The second-order valence-corrected chi connectivity index (χ2v) is 5.79. The van der Waals surface area contributed by atoms with E-state index >= 15 is 0 Å². The molecule has 1 N–H and O–H groups in total. The zero-order valence-electron chi connectivity index (χ0n) is 13.8. The third kappa shape index (κ3) is 3.84. The second-order valence-electron chi connectivity index (χ2n) is 5.79. The first-order valence-electron chi connectivity index (χ1n) is 8.09. The Balaban J connectivity index is 2.22. The van der Waals surface area contributed by atoms with Crippen LogP contribution in [0, 0.1) is 0 Å². The molecule has 0 aliphatic heterocycles. The van der Waals surface area contributed by atoms with Crippen molar-refractivity contribution in [2.24, 2.45) is 0 Å². The summed E-state index contributed by atoms with van der Waals surface area (Å²) in [7, 11) is 2.06. The van der Waals surface area contributed by atoms with E-state index in [0.717, 1.165) is 13.1 Å². The summed E-state index contributed by atoms with van der Waals surface area (Å²) in [5, 5.41) is 6.12. The van der Waals surface area contributed by atoms with Crippen LogP contribution in [0.4, 0.5) is 0 Å². The fourth-order valence-electron chi connectivity index (χ4n) is 2.90. The van der Waals surface area contributed by atoms with E-state index in [0.29, 0.717) is 12.1 Å². The molecule has 0 heterocycles. The maximum atomic E-state index is 3.49. The number of hydrogen-bond acceptors (Lipinski definition) is 2. The van der Waals surface area contributed by atoms with Gasteiger partial charge in [0, 0.05) is 18.6 Å². The molecule has 0 bridgehead atoms. The number of nitrogens with zero attached hydrogens (tertiary/aromatic N) is 1. The highest BCUT2D eigenvalue weighted by Crippen LogP contribution is 2.22. The van der Waals surface area contributed by atoms with Crippen molar-refractivity contribution in [1.29, 1.82) is 0 Å². The smallest absolute Gasteiger partial charge is 0.0447 e. The van der Waals surface area contributed by atoms with Crippen LogP contribution >= 0.6 is 0 Å². The second kappa shape index (κ2) is 7.58. The van der Waals surface area contributed by atoms with Gasteiger partial charge in [-0.25, -0.2) is 0 Å². The van der Waals surface area contributed by atoms with Gasteiger partial charge in [0.15, 0.2) is 0 Å². The lowest BCUT2D eigenvalue weighted by atomic mass is 10.0. The van der Waals surface area contributed by atoms with E-state index in [1.54, 1.807) is 0 Å². The van der Waals surface area contributed by atoms with Crippen LogP contribution in [0.25, 0.3) is 10.8 Å². The maximum absolute atomic E-state index is 3.49. The first kappa shape index (κ1) is 16.0. The van der Waals surface area contributed by atoms with E-state index < -0.39 is 0 Å². The lowest BCUT2D eigenvalue weighted by molar-refractivity contribution is 0.194. The van der Waals surface area contributed by atoms with Crippen LogP contribution < -0.4 is 5.32 Å². The molecule has 2 atom stereocenters. The van der Waals surface area contributed by atoms with Gasteiger partial charge in [0.2, 0.25) is 0 Å². The molecule has 2 nitrogen and oxygen atoms in total. The van der Waals surface area contributed by atoms with Gasteiger partial charge in [-0.3, -0.25) is 4.90 Å². The molecule has 2 unspecified atom stereocenters. The van der Waals surface area contributed by atoms with Crippen LogP contribution in [0.5, 0.6) is 0 Å². The average Bonchev–Trinajstić information content (AvgIpc) is 2.55. The Kier molecular flexibility index (Phi) is 5.77. The van der Waals surface area contributed by atoms with Gasteiger partial charge in [-0.2, -0.15) is 0 Å². The van der Waals surface area contributed by atoms with E-state index in [4.69, 9.17) is 0 Å². The Bertz CT molecular complexity index is 564. The number of fused-ring (bicyclic) bond motifs is 1. The molecule has 21 heavy (non-hydrogen) atoms. The summed E-state index contributed by atoms with van der Waals surface area (Å²) < 4.78 is 0. The van der Waals surface area contributed by atoms with E-state index in [1.807, 2.05) is 0 Å². The van der Waals surface area contributed by atoms with E-state index in [-0.39, 0.29) is 0 Å². The number of likely N-dealkylation sites (N-methyl/N-ethyl adjacent to an activating group) is 2. The number of benzene rings is 2. The standard InChI is InChI=1S/C19H28N2/c1-5-15(3)21(6-2)14-19(20-4)18-12-11-16-9-7-8-10-17(16)13-18/h7-13,15,19-20H,5-6,14H2,1-4H3. The first-order valence-corrected chi connectivity index (χ1v) is 8.09. The highest BCUT2D eigenvalue weighted by molar-refractivity contribution is 5.83. The monoisotopic (exact) mass is 284 g/mol. The summed E-state index contributed by atoms with van der Waals surface area (Å²) in [6, 6.07) is 16.4. The predicted molar refractivity (Wildman–Crippen MR) is 92.7 cm³/mol. The molecular formula is C19H28N2. The molecule has 2 aromatic rings. The van der Waals surface area contributed by atoms with Crippen LogP contribution in [0.3, 0.4) is 0 Å². The summed E-state index contributed by atoms with van der Waals surface area (Å²) in [4.78, 5) is 2.55. The number of hydrogen-bond donors (Lipinski definition) is 1. The fraction of sp³-hybridized carbons (Fsp3) is 0.474. The zero-order chi connectivity index (χ0) is 15.2. The van der Waals surface area contributed by atoms with Gasteiger partial charge in [-0.15, -0.1) is 0 Å². The molecule has 0 aromatic heterocycles. The summed E-state index contributed by atoms with van der Waals surface area (Å²) in [6.45, 7) is 8.98. The quantitative estimate of drug-likeness (QED) is 0.819. The zero-order valence-corrected chi connectivity index (χ0v) is 13.8. The summed E-state index contributed by atoms with van der Waals surface area (Å²) in [5.41, 5.74) is 1.37. The average molecular weight is 284 g/mol. The Morgan fingerprint density at radius 1 is 1.05 bits per heavy atom. The highest BCUT2D eigenvalue weighted by Gasteiger charge is 2.17.